The minimum Gasteiger partial charge on any atom is -0.481 e. The van der Waals surface area contributed by atoms with Crippen molar-refractivity contribution in [3.8, 4) is 11.4 Å². The molecule has 2 aromatic rings. The number of halogens is 1. The number of aryl methyl sites for hydroxylation is 1. The Morgan fingerprint density at radius 2 is 2.24 bits per heavy atom. The van der Waals surface area contributed by atoms with Gasteiger partial charge in [-0.05, 0) is 35.4 Å². The first-order chi connectivity index (χ1) is 10.0. The van der Waals surface area contributed by atoms with Crippen molar-refractivity contribution >= 4 is 21.9 Å². The van der Waals surface area contributed by atoms with Gasteiger partial charge in [-0.25, -0.2) is 4.68 Å². The lowest BCUT2D eigenvalue weighted by Gasteiger charge is -2.13. The van der Waals surface area contributed by atoms with Gasteiger partial charge in [0.15, 0.2) is 5.82 Å². The topological polar surface area (TPSA) is 80.9 Å². The highest BCUT2D eigenvalue weighted by atomic mass is 79.9. The third-order valence-electron chi connectivity index (χ3n) is 3.37. The molecule has 1 unspecified atom stereocenters. The summed E-state index contributed by atoms with van der Waals surface area (Å²) < 4.78 is 2.59. The number of hydrogen-bond acceptors (Lipinski definition) is 4. The summed E-state index contributed by atoms with van der Waals surface area (Å²) in [5.74, 6) is -0.143. The Labute approximate surface area is 131 Å². The van der Waals surface area contributed by atoms with E-state index >= 15 is 0 Å². The molecule has 1 aromatic heterocycles. The number of carbonyl (C=O) groups is 1. The van der Waals surface area contributed by atoms with E-state index in [1.807, 2.05) is 32.0 Å². The molecule has 1 aromatic carbocycles. The van der Waals surface area contributed by atoms with Gasteiger partial charge in [0.2, 0.25) is 0 Å². The molecule has 2 rings (SSSR count). The molecule has 0 bridgehead atoms. The van der Waals surface area contributed by atoms with Crippen LogP contribution in [0.15, 0.2) is 22.7 Å². The number of hydrogen-bond donors (Lipinski definition) is 1. The Morgan fingerprint density at radius 1 is 1.48 bits per heavy atom. The van der Waals surface area contributed by atoms with Crippen LogP contribution in [0.2, 0.25) is 0 Å². The quantitative estimate of drug-likeness (QED) is 0.864. The number of tetrazole rings is 1. The zero-order valence-electron chi connectivity index (χ0n) is 12.0. The third kappa shape index (κ3) is 3.87. The van der Waals surface area contributed by atoms with E-state index in [0.29, 0.717) is 12.4 Å². The second-order valence-electron chi connectivity index (χ2n) is 5.04. The molecule has 1 atom stereocenters. The summed E-state index contributed by atoms with van der Waals surface area (Å²) in [6, 6.07) is 5.96. The maximum atomic E-state index is 10.9. The highest BCUT2D eigenvalue weighted by molar-refractivity contribution is 9.10. The van der Waals surface area contributed by atoms with E-state index in [1.165, 1.54) is 0 Å². The Hall–Kier alpha value is -1.76. The first-order valence-electron chi connectivity index (χ1n) is 6.75. The minimum atomic E-state index is -0.798. The van der Waals surface area contributed by atoms with E-state index in [4.69, 9.17) is 5.11 Å². The summed E-state index contributed by atoms with van der Waals surface area (Å²) in [5.41, 5.74) is 2.02. The van der Waals surface area contributed by atoms with Crippen molar-refractivity contribution in [2.45, 2.75) is 33.2 Å². The van der Waals surface area contributed by atoms with E-state index in [0.717, 1.165) is 22.0 Å². The van der Waals surface area contributed by atoms with Gasteiger partial charge in [0.1, 0.15) is 0 Å². The predicted molar refractivity (Wildman–Crippen MR) is 81.7 cm³/mol. The second-order valence-corrected chi connectivity index (χ2v) is 5.89. The number of carboxylic acid groups (broad SMARTS) is 1. The molecule has 0 saturated heterocycles. The van der Waals surface area contributed by atoms with Crippen LogP contribution in [0.5, 0.6) is 0 Å². The van der Waals surface area contributed by atoms with Crippen LogP contribution >= 0.6 is 15.9 Å². The minimum absolute atomic E-state index is 0.00772. The number of benzene rings is 1. The van der Waals surface area contributed by atoms with Crippen molar-refractivity contribution in [3.63, 3.8) is 0 Å². The molecule has 0 amide bonds. The molecule has 0 fully saturated rings. The van der Waals surface area contributed by atoms with Crippen LogP contribution in [-0.4, -0.2) is 31.3 Å². The van der Waals surface area contributed by atoms with Crippen molar-refractivity contribution < 1.29 is 9.90 Å². The van der Waals surface area contributed by atoms with Gasteiger partial charge < -0.3 is 5.11 Å². The molecular formula is C14H17BrN4O2. The summed E-state index contributed by atoms with van der Waals surface area (Å²) in [4.78, 5) is 10.9. The van der Waals surface area contributed by atoms with Crippen molar-refractivity contribution in [2.75, 3.05) is 0 Å². The molecule has 0 aliphatic carbocycles. The van der Waals surface area contributed by atoms with E-state index in [2.05, 4.69) is 31.5 Å². The van der Waals surface area contributed by atoms with Crippen LogP contribution in [0.4, 0.5) is 0 Å². The lowest BCUT2D eigenvalue weighted by molar-refractivity contribution is -0.138. The van der Waals surface area contributed by atoms with E-state index < -0.39 is 5.97 Å². The van der Waals surface area contributed by atoms with Crippen LogP contribution in [0.3, 0.4) is 0 Å². The zero-order chi connectivity index (χ0) is 15.4. The molecule has 7 heteroatoms. The summed E-state index contributed by atoms with van der Waals surface area (Å²) >= 11 is 3.51. The van der Waals surface area contributed by atoms with Crippen LogP contribution in [-0.2, 0) is 11.3 Å². The lowest BCUT2D eigenvalue weighted by Crippen LogP contribution is -2.16. The molecule has 0 saturated carbocycles. The van der Waals surface area contributed by atoms with E-state index in [1.54, 1.807) is 4.68 Å². The number of aromatic nitrogens is 4. The molecule has 6 nitrogen and oxygen atoms in total. The molecular weight excluding hydrogens is 336 g/mol. The van der Waals surface area contributed by atoms with E-state index in [9.17, 15) is 4.79 Å². The normalized spacial score (nSPS) is 12.3. The number of carboxylic acids is 1. The third-order valence-corrected chi connectivity index (χ3v) is 4.06. The van der Waals surface area contributed by atoms with Crippen molar-refractivity contribution in [2.24, 2.45) is 5.92 Å². The van der Waals surface area contributed by atoms with E-state index in [-0.39, 0.29) is 12.3 Å². The van der Waals surface area contributed by atoms with Gasteiger partial charge in [-0.3, -0.25) is 4.79 Å². The average Bonchev–Trinajstić information content (AvgIpc) is 2.88. The molecule has 1 N–H and O–H groups in total. The van der Waals surface area contributed by atoms with Gasteiger partial charge in [-0.2, -0.15) is 0 Å². The van der Waals surface area contributed by atoms with Crippen molar-refractivity contribution in [1.82, 2.24) is 20.2 Å². The smallest absolute Gasteiger partial charge is 0.303 e. The van der Waals surface area contributed by atoms with Gasteiger partial charge in [0.25, 0.3) is 0 Å². The Bertz CT molecular complexity index is 642. The van der Waals surface area contributed by atoms with Gasteiger partial charge in [-0.15, -0.1) is 5.10 Å². The Kier molecular flexibility index (Phi) is 5.06. The van der Waals surface area contributed by atoms with Crippen LogP contribution in [0.1, 0.15) is 25.3 Å². The number of rotatable bonds is 6. The van der Waals surface area contributed by atoms with Gasteiger partial charge in [-0.1, -0.05) is 40.9 Å². The fraction of sp³-hybridized carbons (Fsp3) is 0.429. The highest BCUT2D eigenvalue weighted by Crippen LogP contribution is 2.28. The van der Waals surface area contributed by atoms with Gasteiger partial charge >= 0.3 is 5.97 Å². The maximum absolute atomic E-state index is 10.9. The maximum Gasteiger partial charge on any atom is 0.303 e. The van der Waals surface area contributed by atoms with Gasteiger partial charge in [0.05, 0.1) is 0 Å². The zero-order valence-corrected chi connectivity index (χ0v) is 13.5. The Balaban J connectivity index is 2.30. The Morgan fingerprint density at radius 3 is 2.90 bits per heavy atom. The molecule has 21 heavy (non-hydrogen) atoms. The number of nitrogens with zero attached hydrogens (tertiary/aromatic N) is 4. The molecule has 0 aliphatic heterocycles. The van der Waals surface area contributed by atoms with Crippen molar-refractivity contribution in [3.05, 3.63) is 28.2 Å². The molecule has 1 heterocycles. The SMILES string of the molecule is CCC(CC(=O)O)Cn1nnnc1-c1cc(C)ccc1Br. The fourth-order valence-corrected chi connectivity index (χ4v) is 2.58. The number of aliphatic carboxylic acids is 1. The summed E-state index contributed by atoms with van der Waals surface area (Å²) in [6.07, 6.45) is 0.880. The summed E-state index contributed by atoms with van der Waals surface area (Å²) in [7, 11) is 0. The average molecular weight is 353 g/mol. The first kappa shape index (κ1) is 15.6. The second kappa shape index (κ2) is 6.80. The summed E-state index contributed by atoms with van der Waals surface area (Å²) in [6.45, 7) is 4.47. The molecule has 0 spiro atoms. The van der Waals surface area contributed by atoms with Crippen LogP contribution in [0, 0.1) is 12.8 Å². The monoisotopic (exact) mass is 352 g/mol. The fourth-order valence-electron chi connectivity index (χ4n) is 2.16. The summed E-state index contributed by atoms with van der Waals surface area (Å²) in [5, 5.41) is 20.8. The largest absolute Gasteiger partial charge is 0.481 e. The molecule has 112 valence electrons. The first-order valence-corrected chi connectivity index (χ1v) is 7.55. The van der Waals surface area contributed by atoms with Crippen molar-refractivity contribution in [1.29, 1.82) is 0 Å². The van der Waals surface area contributed by atoms with Gasteiger partial charge in [0, 0.05) is 23.0 Å². The highest BCUT2D eigenvalue weighted by Gasteiger charge is 2.17. The van der Waals surface area contributed by atoms with Crippen LogP contribution < -0.4 is 0 Å². The molecule has 0 radical (unpaired) electrons. The molecule has 0 aliphatic rings. The lowest BCUT2D eigenvalue weighted by atomic mass is 10.0. The van der Waals surface area contributed by atoms with Crippen LogP contribution in [0.25, 0.3) is 11.4 Å². The standard InChI is InChI=1S/C14H17BrN4O2/c1-3-10(7-13(20)21)8-19-14(16-17-18-19)11-6-9(2)4-5-12(11)15/h4-6,10H,3,7-8H2,1-2H3,(H,20,21). The predicted octanol–water partition coefficient (Wildman–Crippen LogP) is 2.91.